The quantitative estimate of drug-likeness (QED) is 0.916. The summed E-state index contributed by atoms with van der Waals surface area (Å²) in [6.45, 7) is 0.928. The highest BCUT2D eigenvalue weighted by Gasteiger charge is 2.13. The lowest BCUT2D eigenvalue weighted by molar-refractivity contribution is 0.174. The lowest BCUT2D eigenvalue weighted by Gasteiger charge is -2.12. The summed E-state index contributed by atoms with van der Waals surface area (Å²) < 4.78 is 21.2. The highest BCUT2D eigenvalue weighted by molar-refractivity contribution is 5.56. The average Bonchev–Trinajstić information content (AvgIpc) is 3.00. The molecule has 2 aromatic rings. The number of ether oxygens (including phenoxy) is 4. The van der Waals surface area contributed by atoms with Crippen molar-refractivity contribution in [1.82, 2.24) is 0 Å². The molecule has 0 bridgehead atoms. The first-order valence-corrected chi connectivity index (χ1v) is 6.64. The van der Waals surface area contributed by atoms with Crippen molar-refractivity contribution in [3.8, 4) is 23.0 Å². The molecule has 0 radical (unpaired) electrons. The standard InChI is InChI=1S/C16H17NO4/c1-18-13-5-3-11(15(8-13)19-2)9-17-12-4-6-14-16(7-12)21-10-20-14/h3-8,17H,9-10H2,1-2H3. The van der Waals surface area contributed by atoms with Gasteiger partial charge in [-0.05, 0) is 24.3 Å². The van der Waals surface area contributed by atoms with Gasteiger partial charge in [-0.25, -0.2) is 0 Å². The van der Waals surface area contributed by atoms with Crippen molar-refractivity contribution < 1.29 is 18.9 Å². The van der Waals surface area contributed by atoms with Crippen LogP contribution in [-0.2, 0) is 6.54 Å². The van der Waals surface area contributed by atoms with Crippen molar-refractivity contribution in [2.24, 2.45) is 0 Å². The Labute approximate surface area is 123 Å². The lowest BCUT2D eigenvalue weighted by atomic mass is 10.2. The van der Waals surface area contributed by atoms with Gasteiger partial charge < -0.3 is 24.3 Å². The number of methoxy groups -OCH3 is 2. The molecule has 0 saturated heterocycles. The van der Waals surface area contributed by atoms with Crippen molar-refractivity contribution in [2.75, 3.05) is 26.3 Å². The van der Waals surface area contributed by atoms with E-state index in [4.69, 9.17) is 18.9 Å². The lowest BCUT2D eigenvalue weighted by Crippen LogP contribution is -2.02. The molecule has 0 atom stereocenters. The van der Waals surface area contributed by atoms with Crippen LogP contribution >= 0.6 is 0 Å². The summed E-state index contributed by atoms with van der Waals surface area (Å²) in [5.74, 6) is 3.12. The molecule has 3 rings (SSSR count). The van der Waals surface area contributed by atoms with Gasteiger partial charge in [0.05, 0.1) is 14.2 Å². The summed E-state index contributed by atoms with van der Waals surface area (Å²) in [6, 6.07) is 11.6. The Morgan fingerprint density at radius 2 is 1.86 bits per heavy atom. The third-order valence-corrected chi connectivity index (χ3v) is 3.35. The predicted molar refractivity (Wildman–Crippen MR) is 79.4 cm³/mol. The molecule has 1 aliphatic heterocycles. The van der Waals surface area contributed by atoms with Crippen LogP contribution in [0.25, 0.3) is 0 Å². The zero-order valence-electron chi connectivity index (χ0n) is 12.0. The molecule has 5 heteroatoms. The third kappa shape index (κ3) is 2.81. The van der Waals surface area contributed by atoms with E-state index in [0.29, 0.717) is 6.54 Å². The highest BCUT2D eigenvalue weighted by atomic mass is 16.7. The maximum atomic E-state index is 5.39. The summed E-state index contributed by atoms with van der Waals surface area (Å²) >= 11 is 0. The molecule has 0 aromatic heterocycles. The Morgan fingerprint density at radius 3 is 2.67 bits per heavy atom. The van der Waals surface area contributed by atoms with E-state index in [1.807, 2.05) is 36.4 Å². The minimum atomic E-state index is 0.283. The molecular weight excluding hydrogens is 270 g/mol. The van der Waals surface area contributed by atoms with Crippen LogP contribution in [0.5, 0.6) is 23.0 Å². The molecule has 1 N–H and O–H groups in total. The second-order valence-electron chi connectivity index (χ2n) is 4.60. The number of anilines is 1. The summed E-state index contributed by atoms with van der Waals surface area (Å²) in [5, 5.41) is 3.35. The van der Waals surface area contributed by atoms with Crippen LogP contribution in [0.1, 0.15) is 5.56 Å². The molecule has 1 aliphatic rings. The summed E-state index contributed by atoms with van der Waals surface area (Å²) in [5.41, 5.74) is 2.02. The number of nitrogens with one attached hydrogen (secondary N) is 1. The Hall–Kier alpha value is -2.56. The van der Waals surface area contributed by atoms with Crippen LogP contribution in [0, 0.1) is 0 Å². The van der Waals surface area contributed by atoms with Crippen LogP contribution in [-0.4, -0.2) is 21.0 Å². The molecule has 0 saturated carbocycles. The Balaban J connectivity index is 1.72. The summed E-state index contributed by atoms with van der Waals surface area (Å²) in [7, 11) is 3.29. The molecule has 0 amide bonds. The maximum Gasteiger partial charge on any atom is 0.231 e. The van der Waals surface area contributed by atoms with E-state index < -0.39 is 0 Å². The van der Waals surface area contributed by atoms with Gasteiger partial charge in [0.15, 0.2) is 11.5 Å². The first-order valence-electron chi connectivity index (χ1n) is 6.64. The van der Waals surface area contributed by atoms with Crippen molar-refractivity contribution in [3.63, 3.8) is 0 Å². The maximum absolute atomic E-state index is 5.39. The Morgan fingerprint density at radius 1 is 1.00 bits per heavy atom. The predicted octanol–water partition coefficient (Wildman–Crippen LogP) is 3.04. The van der Waals surface area contributed by atoms with Gasteiger partial charge in [0.25, 0.3) is 0 Å². The highest BCUT2D eigenvalue weighted by Crippen LogP contribution is 2.34. The largest absolute Gasteiger partial charge is 0.497 e. The molecule has 110 valence electrons. The van der Waals surface area contributed by atoms with Crippen molar-refractivity contribution >= 4 is 5.69 Å². The monoisotopic (exact) mass is 287 g/mol. The molecule has 5 nitrogen and oxygen atoms in total. The summed E-state index contributed by atoms with van der Waals surface area (Å²) in [6.07, 6.45) is 0. The van der Waals surface area contributed by atoms with Gasteiger partial charge >= 0.3 is 0 Å². The zero-order chi connectivity index (χ0) is 14.7. The molecular formula is C16H17NO4. The smallest absolute Gasteiger partial charge is 0.231 e. The third-order valence-electron chi connectivity index (χ3n) is 3.35. The molecule has 1 heterocycles. The van der Waals surface area contributed by atoms with Gasteiger partial charge in [0.1, 0.15) is 11.5 Å². The minimum Gasteiger partial charge on any atom is -0.497 e. The Kier molecular flexibility index (Phi) is 3.73. The van der Waals surface area contributed by atoms with Gasteiger partial charge in [0.2, 0.25) is 6.79 Å². The van der Waals surface area contributed by atoms with E-state index in [0.717, 1.165) is 34.2 Å². The molecule has 21 heavy (non-hydrogen) atoms. The van der Waals surface area contributed by atoms with E-state index >= 15 is 0 Å². The number of benzene rings is 2. The van der Waals surface area contributed by atoms with E-state index in [1.54, 1.807) is 14.2 Å². The van der Waals surface area contributed by atoms with Crippen molar-refractivity contribution in [3.05, 3.63) is 42.0 Å². The molecule has 0 spiro atoms. The van der Waals surface area contributed by atoms with Crippen LogP contribution in [0.2, 0.25) is 0 Å². The van der Waals surface area contributed by atoms with Gasteiger partial charge in [-0.2, -0.15) is 0 Å². The first kappa shape index (κ1) is 13.4. The fraction of sp³-hybridized carbons (Fsp3) is 0.250. The van der Waals surface area contributed by atoms with Crippen LogP contribution in [0.3, 0.4) is 0 Å². The molecule has 0 aliphatic carbocycles. The molecule has 2 aromatic carbocycles. The van der Waals surface area contributed by atoms with E-state index in [2.05, 4.69) is 5.32 Å². The number of hydrogen-bond acceptors (Lipinski definition) is 5. The molecule has 0 unspecified atom stereocenters. The van der Waals surface area contributed by atoms with Crippen molar-refractivity contribution in [2.45, 2.75) is 6.54 Å². The zero-order valence-corrected chi connectivity index (χ0v) is 12.0. The first-order chi connectivity index (χ1) is 10.3. The van der Waals surface area contributed by atoms with Crippen LogP contribution < -0.4 is 24.3 Å². The fourth-order valence-corrected chi connectivity index (χ4v) is 2.20. The molecule has 0 fully saturated rings. The SMILES string of the molecule is COc1ccc(CNc2ccc3c(c2)OCO3)c(OC)c1. The topological polar surface area (TPSA) is 49.0 Å². The minimum absolute atomic E-state index is 0.283. The van der Waals surface area contributed by atoms with Gasteiger partial charge in [0, 0.05) is 29.9 Å². The number of hydrogen-bond donors (Lipinski definition) is 1. The second-order valence-corrected chi connectivity index (χ2v) is 4.60. The summed E-state index contributed by atoms with van der Waals surface area (Å²) in [4.78, 5) is 0. The normalized spacial score (nSPS) is 12.1. The average molecular weight is 287 g/mol. The van der Waals surface area contributed by atoms with E-state index in [-0.39, 0.29) is 6.79 Å². The van der Waals surface area contributed by atoms with E-state index in [9.17, 15) is 0 Å². The van der Waals surface area contributed by atoms with Crippen LogP contribution in [0.15, 0.2) is 36.4 Å². The number of rotatable bonds is 5. The van der Waals surface area contributed by atoms with Gasteiger partial charge in [-0.15, -0.1) is 0 Å². The second kappa shape index (κ2) is 5.83. The van der Waals surface area contributed by atoms with Gasteiger partial charge in [-0.1, -0.05) is 0 Å². The van der Waals surface area contributed by atoms with Crippen LogP contribution in [0.4, 0.5) is 5.69 Å². The Bertz CT molecular complexity index is 642. The van der Waals surface area contributed by atoms with Gasteiger partial charge in [-0.3, -0.25) is 0 Å². The fourth-order valence-electron chi connectivity index (χ4n) is 2.20. The van der Waals surface area contributed by atoms with Crippen molar-refractivity contribution in [1.29, 1.82) is 0 Å². The number of fused-ring (bicyclic) bond motifs is 1. The van der Waals surface area contributed by atoms with E-state index in [1.165, 1.54) is 0 Å².